The standard InChI is InChI=1S/C13H10ClFN2O3/c14-8-5-10(17-6-8)13(19)20-11(12(16)18)7-1-3-9(15)4-2-7/h1-6,11,17H,(H2,16,18)/t11-/m1/s1. The van der Waals surface area contributed by atoms with Gasteiger partial charge in [-0.25, -0.2) is 9.18 Å². The van der Waals surface area contributed by atoms with Gasteiger partial charge < -0.3 is 15.5 Å². The van der Waals surface area contributed by atoms with E-state index < -0.39 is 23.8 Å². The van der Waals surface area contributed by atoms with Crippen molar-refractivity contribution < 1.29 is 18.7 Å². The molecule has 104 valence electrons. The Hall–Kier alpha value is -2.34. The Kier molecular flexibility index (Phi) is 4.05. The van der Waals surface area contributed by atoms with Crippen LogP contribution in [0.2, 0.25) is 5.02 Å². The highest BCUT2D eigenvalue weighted by Gasteiger charge is 2.24. The first-order valence-corrected chi connectivity index (χ1v) is 5.95. The molecule has 0 aliphatic heterocycles. The van der Waals surface area contributed by atoms with E-state index in [2.05, 4.69) is 4.98 Å². The van der Waals surface area contributed by atoms with E-state index in [1.165, 1.54) is 24.4 Å². The number of esters is 1. The fraction of sp³-hybridized carbons (Fsp3) is 0.0769. The Balaban J connectivity index is 2.20. The van der Waals surface area contributed by atoms with E-state index in [0.29, 0.717) is 5.02 Å². The average Bonchev–Trinajstić information content (AvgIpc) is 2.83. The van der Waals surface area contributed by atoms with E-state index in [-0.39, 0.29) is 11.3 Å². The number of aromatic nitrogens is 1. The van der Waals surface area contributed by atoms with Crippen LogP contribution in [0.4, 0.5) is 4.39 Å². The highest BCUT2D eigenvalue weighted by atomic mass is 35.5. The van der Waals surface area contributed by atoms with E-state index in [4.69, 9.17) is 22.1 Å². The summed E-state index contributed by atoms with van der Waals surface area (Å²) in [5.41, 5.74) is 5.56. The van der Waals surface area contributed by atoms with Crippen LogP contribution in [0, 0.1) is 5.82 Å². The first kappa shape index (κ1) is 14.1. The van der Waals surface area contributed by atoms with Gasteiger partial charge in [-0.1, -0.05) is 23.7 Å². The summed E-state index contributed by atoms with van der Waals surface area (Å²) in [6, 6.07) is 6.28. The van der Waals surface area contributed by atoms with Crippen molar-refractivity contribution in [2.45, 2.75) is 6.10 Å². The quantitative estimate of drug-likeness (QED) is 0.848. The van der Waals surface area contributed by atoms with Gasteiger partial charge in [0, 0.05) is 11.8 Å². The minimum atomic E-state index is -1.30. The van der Waals surface area contributed by atoms with E-state index in [1.54, 1.807) is 0 Å². The lowest BCUT2D eigenvalue weighted by atomic mass is 10.1. The third-order valence-electron chi connectivity index (χ3n) is 2.52. The summed E-state index contributed by atoms with van der Waals surface area (Å²) < 4.78 is 17.8. The van der Waals surface area contributed by atoms with Gasteiger partial charge in [-0.05, 0) is 18.2 Å². The van der Waals surface area contributed by atoms with Gasteiger partial charge in [0.2, 0.25) is 6.10 Å². The van der Waals surface area contributed by atoms with Crippen LogP contribution in [0.5, 0.6) is 0 Å². The van der Waals surface area contributed by atoms with E-state index in [1.807, 2.05) is 0 Å². The molecule has 7 heteroatoms. The molecular formula is C13H10ClFN2O3. The van der Waals surface area contributed by atoms with Crippen LogP contribution in [0.25, 0.3) is 0 Å². The molecule has 1 aromatic heterocycles. The lowest BCUT2D eigenvalue weighted by molar-refractivity contribution is -0.127. The first-order chi connectivity index (χ1) is 9.47. The molecule has 0 spiro atoms. The Morgan fingerprint density at radius 1 is 1.30 bits per heavy atom. The van der Waals surface area contributed by atoms with Crippen molar-refractivity contribution in [1.82, 2.24) is 4.98 Å². The fourth-order valence-corrected chi connectivity index (χ4v) is 1.75. The molecule has 0 aliphatic rings. The smallest absolute Gasteiger partial charge is 0.355 e. The summed E-state index contributed by atoms with van der Waals surface area (Å²) in [5.74, 6) is -2.12. The van der Waals surface area contributed by atoms with E-state index in [0.717, 1.165) is 12.1 Å². The van der Waals surface area contributed by atoms with Gasteiger partial charge in [-0.2, -0.15) is 0 Å². The van der Waals surface area contributed by atoms with Gasteiger partial charge in [0.05, 0.1) is 5.02 Å². The lowest BCUT2D eigenvalue weighted by Gasteiger charge is -2.14. The van der Waals surface area contributed by atoms with Crippen molar-refractivity contribution in [1.29, 1.82) is 0 Å². The van der Waals surface area contributed by atoms with Gasteiger partial charge in [-0.3, -0.25) is 4.79 Å². The molecule has 2 aromatic rings. The molecule has 0 unspecified atom stereocenters. The largest absolute Gasteiger partial charge is 0.443 e. The van der Waals surface area contributed by atoms with Crippen LogP contribution in [0.15, 0.2) is 36.5 Å². The second-order valence-electron chi connectivity index (χ2n) is 3.97. The number of hydrogen-bond acceptors (Lipinski definition) is 3. The molecule has 1 heterocycles. The zero-order valence-electron chi connectivity index (χ0n) is 10.1. The number of H-pyrrole nitrogens is 1. The van der Waals surface area contributed by atoms with Crippen LogP contribution in [0.1, 0.15) is 22.2 Å². The van der Waals surface area contributed by atoms with Crippen LogP contribution >= 0.6 is 11.6 Å². The Morgan fingerprint density at radius 3 is 2.45 bits per heavy atom. The molecule has 0 fully saturated rings. The minimum absolute atomic E-state index is 0.0864. The van der Waals surface area contributed by atoms with E-state index in [9.17, 15) is 14.0 Å². The molecular weight excluding hydrogens is 287 g/mol. The normalized spacial score (nSPS) is 11.9. The average molecular weight is 297 g/mol. The number of carbonyl (C=O) groups is 2. The Bertz CT molecular complexity index is 639. The number of hydrogen-bond donors (Lipinski definition) is 2. The number of benzene rings is 1. The van der Waals surface area contributed by atoms with Gasteiger partial charge in [-0.15, -0.1) is 0 Å². The highest BCUT2D eigenvalue weighted by molar-refractivity contribution is 6.30. The monoisotopic (exact) mass is 296 g/mol. The molecule has 0 saturated carbocycles. The highest BCUT2D eigenvalue weighted by Crippen LogP contribution is 2.20. The van der Waals surface area contributed by atoms with Gasteiger partial charge in [0.25, 0.3) is 5.91 Å². The molecule has 1 amide bonds. The zero-order valence-corrected chi connectivity index (χ0v) is 10.9. The van der Waals surface area contributed by atoms with Crippen molar-refractivity contribution in [3.8, 4) is 0 Å². The third-order valence-corrected chi connectivity index (χ3v) is 2.74. The number of ether oxygens (including phenoxy) is 1. The SMILES string of the molecule is NC(=O)[C@H](OC(=O)c1cc(Cl)c[nH]1)c1ccc(F)cc1. The molecule has 1 atom stereocenters. The number of amides is 1. The van der Waals surface area contributed by atoms with E-state index >= 15 is 0 Å². The topological polar surface area (TPSA) is 85.2 Å². The van der Waals surface area contributed by atoms with Crippen molar-refractivity contribution in [3.05, 3.63) is 58.6 Å². The summed E-state index contributed by atoms with van der Waals surface area (Å²) in [7, 11) is 0. The number of carbonyl (C=O) groups excluding carboxylic acids is 2. The van der Waals surface area contributed by atoms with Crippen molar-refractivity contribution in [2.75, 3.05) is 0 Å². The second kappa shape index (κ2) is 5.75. The summed E-state index contributed by atoms with van der Waals surface area (Å²) in [6.45, 7) is 0. The third kappa shape index (κ3) is 3.16. The maximum absolute atomic E-state index is 12.8. The predicted octanol–water partition coefficient (Wildman–Crippen LogP) is 2.19. The lowest BCUT2D eigenvalue weighted by Crippen LogP contribution is -2.26. The molecule has 0 saturated heterocycles. The molecule has 3 N–H and O–H groups in total. The van der Waals surface area contributed by atoms with Crippen molar-refractivity contribution in [2.24, 2.45) is 5.73 Å². The fourth-order valence-electron chi connectivity index (χ4n) is 1.58. The van der Waals surface area contributed by atoms with Crippen LogP contribution in [-0.2, 0) is 9.53 Å². The Labute approximate surface area is 118 Å². The number of rotatable bonds is 4. The van der Waals surface area contributed by atoms with Crippen molar-refractivity contribution >= 4 is 23.5 Å². The predicted molar refractivity (Wildman–Crippen MR) is 69.6 cm³/mol. The number of halogens is 2. The van der Waals surface area contributed by atoms with Crippen LogP contribution in [-0.4, -0.2) is 16.9 Å². The van der Waals surface area contributed by atoms with Crippen LogP contribution < -0.4 is 5.73 Å². The summed E-state index contributed by atoms with van der Waals surface area (Å²) >= 11 is 5.67. The van der Waals surface area contributed by atoms with Gasteiger partial charge in [0.1, 0.15) is 11.5 Å². The molecule has 0 aliphatic carbocycles. The molecule has 2 rings (SSSR count). The van der Waals surface area contributed by atoms with Crippen molar-refractivity contribution in [3.63, 3.8) is 0 Å². The maximum Gasteiger partial charge on any atom is 0.355 e. The van der Waals surface area contributed by atoms with Crippen LogP contribution in [0.3, 0.4) is 0 Å². The van der Waals surface area contributed by atoms with Gasteiger partial charge in [0.15, 0.2) is 0 Å². The number of nitrogens with two attached hydrogens (primary N) is 1. The zero-order chi connectivity index (χ0) is 14.7. The molecule has 0 radical (unpaired) electrons. The maximum atomic E-state index is 12.8. The van der Waals surface area contributed by atoms with Gasteiger partial charge >= 0.3 is 5.97 Å². The number of aromatic amines is 1. The molecule has 0 bridgehead atoms. The second-order valence-corrected chi connectivity index (χ2v) is 4.41. The molecule has 1 aromatic carbocycles. The summed E-state index contributed by atoms with van der Waals surface area (Å²) in [5, 5.41) is 0.328. The summed E-state index contributed by atoms with van der Waals surface area (Å²) in [4.78, 5) is 25.8. The molecule has 20 heavy (non-hydrogen) atoms. The summed E-state index contributed by atoms with van der Waals surface area (Å²) in [6.07, 6.45) is 0.0974. The Morgan fingerprint density at radius 2 is 1.95 bits per heavy atom. The minimum Gasteiger partial charge on any atom is -0.443 e. The molecule has 5 nitrogen and oxygen atoms in total. The first-order valence-electron chi connectivity index (χ1n) is 5.57. The number of nitrogens with one attached hydrogen (secondary N) is 1. The number of primary amides is 1.